The molecule has 1 amide bonds. The van der Waals surface area contributed by atoms with Crippen LogP contribution in [0.3, 0.4) is 0 Å². The molecule has 1 aliphatic rings. The summed E-state index contributed by atoms with van der Waals surface area (Å²) in [5, 5.41) is 12.2. The number of carboxylic acid groups (broad SMARTS) is 1. The van der Waals surface area contributed by atoms with Gasteiger partial charge in [-0.05, 0) is 43.4 Å². The molecule has 2 aromatic rings. The fourth-order valence-electron chi connectivity index (χ4n) is 2.76. The van der Waals surface area contributed by atoms with Gasteiger partial charge in [-0.15, -0.1) is 11.3 Å². The summed E-state index contributed by atoms with van der Waals surface area (Å²) in [7, 11) is 0. The molecule has 0 radical (unpaired) electrons. The van der Waals surface area contributed by atoms with E-state index >= 15 is 0 Å². The summed E-state index contributed by atoms with van der Waals surface area (Å²) < 4.78 is 13.8. The van der Waals surface area contributed by atoms with E-state index in [0.29, 0.717) is 6.42 Å². The number of fused-ring (bicyclic) bond motifs is 1. The first-order valence-corrected chi connectivity index (χ1v) is 8.31. The second-order valence-corrected chi connectivity index (χ2v) is 6.78. The monoisotopic (exact) mass is 353 g/mol. The standard InChI is InChI=1S/C16H13ClFNO3S/c17-9-5-3-6-10(18)13(9)14(20)19-15-12(16(21)22)8-4-1-2-7-11(8)23-15/h3,5-6H,1-2,4,7H2,(H,19,20)(H,21,22). The number of anilines is 1. The Balaban J connectivity index is 1.98. The minimum Gasteiger partial charge on any atom is -0.478 e. The molecule has 0 atom stereocenters. The van der Waals surface area contributed by atoms with Crippen molar-refractivity contribution in [2.24, 2.45) is 0 Å². The maximum Gasteiger partial charge on any atom is 0.339 e. The Morgan fingerprint density at radius 2 is 1.96 bits per heavy atom. The van der Waals surface area contributed by atoms with Crippen LogP contribution in [-0.2, 0) is 12.8 Å². The molecule has 120 valence electrons. The molecule has 23 heavy (non-hydrogen) atoms. The zero-order valence-corrected chi connectivity index (χ0v) is 13.6. The van der Waals surface area contributed by atoms with Crippen molar-refractivity contribution in [2.45, 2.75) is 25.7 Å². The average molecular weight is 354 g/mol. The van der Waals surface area contributed by atoms with Gasteiger partial charge in [-0.2, -0.15) is 0 Å². The fraction of sp³-hybridized carbons (Fsp3) is 0.250. The number of amides is 1. The van der Waals surface area contributed by atoms with Gasteiger partial charge in [-0.1, -0.05) is 17.7 Å². The van der Waals surface area contributed by atoms with E-state index in [1.165, 1.54) is 23.5 Å². The number of carbonyl (C=O) groups is 2. The number of aryl methyl sites for hydroxylation is 1. The van der Waals surface area contributed by atoms with E-state index in [1.807, 2.05) is 0 Å². The summed E-state index contributed by atoms with van der Waals surface area (Å²) in [5.41, 5.74) is 0.617. The molecule has 1 aliphatic carbocycles. The number of benzene rings is 1. The van der Waals surface area contributed by atoms with Gasteiger partial charge in [0.15, 0.2) is 0 Å². The summed E-state index contributed by atoms with van der Waals surface area (Å²) in [6, 6.07) is 3.95. The summed E-state index contributed by atoms with van der Waals surface area (Å²) in [6.07, 6.45) is 3.41. The predicted octanol–water partition coefficient (Wildman–Crippen LogP) is 4.37. The van der Waals surface area contributed by atoms with Gasteiger partial charge in [0, 0.05) is 4.88 Å². The van der Waals surface area contributed by atoms with Crippen molar-refractivity contribution >= 4 is 39.8 Å². The second-order valence-electron chi connectivity index (χ2n) is 5.27. The number of hydrogen-bond donors (Lipinski definition) is 2. The lowest BCUT2D eigenvalue weighted by Crippen LogP contribution is -2.16. The number of carbonyl (C=O) groups excluding carboxylic acids is 1. The van der Waals surface area contributed by atoms with Crippen LogP contribution < -0.4 is 5.32 Å². The molecule has 1 aromatic carbocycles. The van der Waals surface area contributed by atoms with Gasteiger partial charge in [0.25, 0.3) is 5.91 Å². The number of aromatic carboxylic acids is 1. The van der Waals surface area contributed by atoms with Crippen LogP contribution in [0.5, 0.6) is 0 Å². The van der Waals surface area contributed by atoms with Gasteiger partial charge < -0.3 is 10.4 Å². The van der Waals surface area contributed by atoms with E-state index in [0.717, 1.165) is 35.8 Å². The van der Waals surface area contributed by atoms with E-state index in [-0.39, 0.29) is 21.2 Å². The topological polar surface area (TPSA) is 66.4 Å². The van der Waals surface area contributed by atoms with E-state index in [2.05, 4.69) is 5.32 Å². The van der Waals surface area contributed by atoms with Crippen LogP contribution in [0.1, 0.15) is 44.0 Å². The highest BCUT2D eigenvalue weighted by Gasteiger charge is 2.27. The third-order valence-corrected chi connectivity index (χ3v) is 5.32. The van der Waals surface area contributed by atoms with Crippen molar-refractivity contribution in [3.05, 3.63) is 50.6 Å². The van der Waals surface area contributed by atoms with Crippen LogP contribution in [-0.4, -0.2) is 17.0 Å². The van der Waals surface area contributed by atoms with E-state index in [9.17, 15) is 19.1 Å². The van der Waals surface area contributed by atoms with E-state index < -0.39 is 17.7 Å². The van der Waals surface area contributed by atoms with Crippen molar-refractivity contribution in [3.8, 4) is 0 Å². The van der Waals surface area contributed by atoms with Crippen LogP contribution >= 0.6 is 22.9 Å². The second kappa shape index (κ2) is 6.29. The summed E-state index contributed by atoms with van der Waals surface area (Å²) in [6.45, 7) is 0. The molecular weight excluding hydrogens is 341 g/mol. The van der Waals surface area contributed by atoms with Crippen LogP contribution in [0.2, 0.25) is 5.02 Å². The Hall–Kier alpha value is -1.92. The fourth-order valence-corrected chi connectivity index (χ4v) is 4.29. The number of rotatable bonds is 3. The van der Waals surface area contributed by atoms with Crippen molar-refractivity contribution in [2.75, 3.05) is 5.32 Å². The van der Waals surface area contributed by atoms with Crippen molar-refractivity contribution in [1.29, 1.82) is 0 Å². The number of thiophene rings is 1. The maximum atomic E-state index is 13.8. The molecule has 4 nitrogen and oxygen atoms in total. The molecule has 3 rings (SSSR count). The normalized spacial score (nSPS) is 13.5. The Kier molecular flexibility index (Phi) is 4.37. The smallest absolute Gasteiger partial charge is 0.339 e. The van der Waals surface area contributed by atoms with Gasteiger partial charge in [-0.25, -0.2) is 9.18 Å². The molecule has 0 aliphatic heterocycles. The van der Waals surface area contributed by atoms with Crippen molar-refractivity contribution in [3.63, 3.8) is 0 Å². The minimum atomic E-state index is -1.08. The van der Waals surface area contributed by atoms with Crippen LogP contribution in [0.25, 0.3) is 0 Å². The summed E-state index contributed by atoms with van der Waals surface area (Å²) in [4.78, 5) is 24.9. The number of carboxylic acids is 1. The average Bonchev–Trinajstić information content (AvgIpc) is 2.84. The maximum absolute atomic E-state index is 13.8. The molecule has 0 fully saturated rings. The third-order valence-electron chi connectivity index (χ3n) is 3.80. The van der Waals surface area contributed by atoms with Gasteiger partial charge in [0.05, 0.1) is 16.1 Å². The Bertz CT molecular complexity index is 783. The first-order valence-electron chi connectivity index (χ1n) is 7.12. The van der Waals surface area contributed by atoms with E-state index in [1.54, 1.807) is 0 Å². The van der Waals surface area contributed by atoms with Crippen LogP contribution in [0, 0.1) is 5.82 Å². The number of halogens is 2. The molecule has 2 N–H and O–H groups in total. The summed E-state index contributed by atoms with van der Waals surface area (Å²) in [5.74, 6) is -2.57. The molecule has 0 saturated carbocycles. The van der Waals surface area contributed by atoms with Gasteiger partial charge in [-0.3, -0.25) is 4.79 Å². The zero-order valence-electron chi connectivity index (χ0n) is 12.0. The van der Waals surface area contributed by atoms with Gasteiger partial charge in [0.2, 0.25) is 0 Å². The molecule has 0 saturated heterocycles. The Morgan fingerprint density at radius 1 is 1.22 bits per heavy atom. The zero-order chi connectivity index (χ0) is 16.6. The lowest BCUT2D eigenvalue weighted by atomic mass is 9.95. The molecule has 1 aromatic heterocycles. The van der Waals surface area contributed by atoms with Gasteiger partial charge in [0.1, 0.15) is 10.8 Å². The number of nitrogens with one attached hydrogen (secondary N) is 1. The molecule has 7 heteroatoms. The molecule has 1 heterocycles. The van der Waals surface area contributed by atoms with Crippen LogP contribution in [0.4, 0.5) is 9.39 Å². The lowest BCUT2D eigenvalue weighted by Gasteiger charge is -2.10. The predicted molar refractivity (Wildman–Crippen MR) is 87.3 cm³/mol. The quantitative estimate of drug-likeness (QED) is 0.861. The lowest BCUT2D eigenvalue weighted by molar-refractivity contribution is 0.0697. The highest BCUT2D eigenvalue weighted by atomic mass is 35.5. The molecule has 0 bridgehead atoms. The van der Waals surface area contributed by atoms with E-state index in [4.69, 9.17) is 11.6 Å². The van der Waals surface area contributed by atoms with Crippen molar-refractivity contribution in [1.82, 2.24) is 0 Å². The SMILES string of the molecule is O=C(Nc1sc2c(c1C(=O)O)CCCC2)c1c(F)cccc1Cl. The minimum absolute atomic E-state index is 0.0132. The molecular formula is C16H13ClFNO3S. The van der Waals surface area contributed by atoms with Crippen LogP contribution in [0.15, 0.2) is 18.2 Å². The third kappa shape index (κ3) is 2.96. The Morgan fingerprint density at radius 3 is 2.65 bits per heavy atom. The molecule has 0 spiro atoms. The number of hydrogen-bond acceptors (Lipinski definition) is 3. The highest BCUT2D eigenvalue weighted by Crippen LogP contribution is 2.38. The van der Waals surface area contributed by atoms with Crippen molar-refractivity contribution < 1.29 is 19.1 Å². The van der Waals surface area contributed by atoms with Gasteiger partial charge >= 0.3 is 5.97 Å². The molecule has 0 unspecified atom stereocenters. The Labute approximate surface area is 140 Å². The first kappa shape index (κ1) is 16.0. The largest absolute Gasteiger partial charge is 0.478 e. The highest BCUT2D eigenvalue weighted by molar-refractivity contribution is 7.17. The summed E-state index contributed by atoms with van der Waals surface area (Å²) >= 11 is 7.13. The first-order chi connectivity index (χ1) is 11.0.